The van der Waals surface area contributed by atoms with Crippen molar-refractivity contribution in [3.63, 3.8) is 0 Å². The highest BCUT2D eigenvalue weighted by Gasteiger charge is 2.46. The molecule has 0 saturated carbocycles. The summed E-state index contributed by atoms with van der Waals surface area (Å²) in [6, 6.07) is 137. The number of anilines is 6. The van der Waals surface area contributed by atoms with Crippen molar-refractivity contribution in [3.8, 4) is 83.6 Å². The Morgan fingerprint density at radius 1 is 0.225 bits per heavy atom. The maximum absolute atomic E-state index is 2.69. The fourth-order valence-corrected chi connectivity index (χ4v) is 19.4. The van der Waals surface area contributed by atoms with Gasteiger partial charge in [0.05, 0.1) is 22.4 Å². The summed E-state index contributed by atoms with van der Waals surface area (Å²) in [5.41, 5.74) is 30.1. The molecule has 2 aliphatic rings. The predicted octanol–water partition coefficient (Wildman–Crippen LogP) is 25.3. The molecule has 3 nitrogen and oxygen atoms in total. The zero-order valence-electron chi connectivity index (χ0n) is 55.4. The number of thiophene rings is 2. The summed E-state index contributed by atoms with van der Waals surface area (Å²) in [5.74, 6) is 0. The molecule has 5 heterocycles. The van der Waals surface area contributed by atoms with E-state index >= 15 is 0 Å². The van der Waals surface area contributed by atoms with Crippen molar-refractivity contribution in [1.29, 1.82) is 0 Å². The quantitative estimate of drug-likeness (QED) is 0.126. The largest absolute Gasteiger partial charge is 0.310 e. The summed E-state index contributed by atoms with van der Waals surface area (Å²) >= 11 is 3.79. The first-order valence-corrected chi connectivity index (χ1v) is 36.7. The van der Waals surface area contributed by atoms with Gasteiger partial charge < -0.3 is 14.4 Å². The number of hydrogen-bond acceptors (Lipinski definition) is 4. The van der Waals surface area contributed by atoms with E-state index in [2.05, 4.69) is 378 Å². The van der Waals surface area contributed by atoms with Crippen molar-refractivity contribution in [2.24, 2.45) is 0 Å². The van der Waals surface area contributed by atoms with Crippen molar-refractivity contribution >= 4 is 142 Å². The Labute approximate surface area is 599 Å². The van der Waals surface area contributed by atoms with Crippen LogP contribution in [0.25, 0.3) is 146 Å². The summed E-state index contributed by atoms with van der Waals surface area (Å²) < 4.78 is 7.59. The van der Waals surface area contributed by atoms with Gasteiger partial charge in [-0.15, -0.1) is 22.7 Å². The first kappa shape index (κ1) is 58.4. The second-order valence-electron chi connectivity index (χ2n) is 26.9. The fraction of sp³-hybridized carbons (Fsp3) is 0. The van der Waals surface area contributed by atoms with E-state index in [1.54, 1.807) is 0 Å². The number of aromatic nitrogens is 1. The molecule has 19 aromatic rings. The molecule has 102 heavy (non-hydrogen) atoms. The van der Waals surface area contributed by atoms with E-state index in [0.29, 0.717) is 0 Å². The lowest BCUT2D eigenvalue weighted by Crippen LogP contribution is -2.61. The third-order valence-electron chi connectivity index (χ3n) is 21.4. The molecule has 474 valence electrons. The van der Waals surface area contributed by atoms with Gasteiger partial charge in [-0.1, -0.05) is 297 Å². The molecule has 2 aliphatic heterocycles. The van der Waals surface area contributed by atoms with Gasteiger partial charge in [-0.2, -0.15) is 0 Å². The van der Waals surface area contributed by atoms with Gasteiger partial charge in [0.1, 0.15) is 0 Å². The summed E-state index contributed by atoms with van der Waals surface area (Å²) in [6.45, 7) is -0.274. The zero-order valence-corrected chi connectivity index (χ0v) is 57.0. The smallest absolute Gasteiger partial charge is 0.252 e. The zero-order chi connectivity index (χ0) is 66.9. The lowest BCUT2D eigenvalue weighted by molar-refractivity contribution is 1.18. The van der Waals surface area contributed by atoms with Crippen LogP contribution in [0, 0.1) is 0 Å². The molecule has 0 fully saturated rings. The van der Waals surface area contributed by atoms with Crippen molar-refractivity contribution < 1.29 is 0 Å². The topological polar surface area (TPSA) is 11.4 Å². The van der Waals surface area contributed by atoms with Crippen molar-refractivity contribution in [3.05, 3.63) is 364 Å². The van der Waals surface area contributed by atoms with Crippen molar-refractivity contribution in [1.82, 2.24) is 4.57 Å². The molecule has 0 atom stereocenters. The van der Waals surface area contributed by atoms with E-state index in [0.717, 1.165) is 101 Å². The lowest BCUT2D eigenvalue weighted by atomic mass is 9.33. The SMILES string of the molecule is c1ccc(-c2cccc(-c3ccccc3)c2N2c3ccc(-c4cccc5c4sc4ccccc45)cc3B3c4cc(-c5cccc6c5sc5ccccc56)ccc4N(c4c(-c5ccccc5)cccc4-c4ccccc4)c4cc(-c5ccc6c(c5)c5ccccc5n6-c5ccccc5)cc2c43)cc1. The molecule has 3 aromatic heterocycles. The number of benzene rings is 16. The van der Waals surface area contributed by atoms with E-state index in [4.69, 9.17) is 0 Å². The van der Waals surface area contributed by atoms with Crippen LogP contribution in [0.5, 0.6) is 0 Å². The third kappa shape index (κ3) is 9.13. The number of para-hydroxylation sites is 4. The minimum Gasteiger partial charge on any atom is -0.310 e. The van der Waals surface area contributed by atoms with Crippen LogP contribution < -0.4 is 26.2 Å². The van der Waals surface area contributed by atoms with E-state index in [9.17, 15) is 0 Å². The molecular weight excluding hydrogens is 1270 g/mol. The molecule has 16 aromatic carbocycles. The van der Waals surface area contributed by atoms with Gasteiger partial charge in [0.15, 0.2) is 0 Å². The van der Waals surface area contributed by atoms with Crippen LogP contribution in [0.2, 0.25) is 0 Å². The van der Waals surface area contributed by atoms with Crippen LogP contribution in [0.4, 0.5) is 34.1 Å². The Hall–Kier alpha value is -12.6. The molecule has 0 aliphatic carbocycles. The van der Waals surface area contributed by atoms with Crippen LogP contribution in [0.3, 0.4) is 0 Å². The summed E-state index contributed by atoms with van der Waals surface area (Å²) in [6.07, 6.45) is 0. The molecule has 0 saturated heterocycles. The molecule has 0 spiro atoms. The molecule has 6 heteroatoms. The number of fused-ring (bicyclic) bond motifs is 13. The standard InChI is InChI=1S/C96H60BN3S2/c1-6-26-61(27-7-1)70-39-22-40-71(62-28-8-2-9-29-62)93(70)99-86-54-51-66(74-43-24-45-79-77-37-17-20-48-90(77)101-95(74)79)57-82(86)97-83-58-67(75-44-25-46-80-78-38-18-21-49-91(78)102-96(75)80)52-55-87(83)100(94-72(63-30-10-3-11-31-63)41-23-42-73(94)64-32-12-4-13-33-64)89-60-68(59-88(99)92(89)97)65-50-53-85-81(56-65)76-36-16-19-47-84(76)98(85)69-34-14-5-15-35-69/h1-60H. The van der Waals surface area contributed by atoms with E-state index in [1.807, 2.05) is 22.7 Å². The Bertz CT molecular complexity index is 6140. The second kappa shape index (κ2) is 23.5. The minimum atomic E-state index is -0.274. The average molecular weight is 1330 g/mol. The maximum Gasteiger partial charge on any atom is 0.252 e. The molecule has 0 unspecified atom stereocenters. The Morgan fingerprint density at radius 2 is 0.598 bits per heavy atom. The summed E-state index contributed by atoms with van der Waals surface area (Å²) in [4.78, 5) is 5.38. The van der Waals surface area contributed by atoms with Gasteiger partial charge in [-0.3, -0.25) is 0 Å². The Balaban J connectivity index is 0.934. The molecule has 0 bridgehead atoms. The molecule has 0 radical (unpaired) electrons. The van der Waals surface area contributed by atoms with Gasteiger partial charge in [-0.05, 0) is 139 Å². The van der Waals surface area contributed by atoms with Gasteiger partial charge in [-0.25, -0.2) is 0 Å². The lowest BCUT2D eigenvalue weighted by Gasteiger charge is -2.46. The van der Waals surface area contributed by atoms with Gasteiger partial charge >= 0.3 is 0 Å². The highest BCUT2D eigenvalue weighted by atomic mass is 32.1. The average Bonchev–Trinajstić information content (AvgIpc) is 0.830. The Morgan fingerprint density at radius 3 is 1.07 bits per heavy atom. The van der Waals surface area contributed by atoms with E-state index < -0.39 is 0 Å². The first-order chi connectivity index (χ1) is 50.6. The van der Waals surface area contributed by atoms with E-state index in [1.165, 1.54) is 95.3 Å². The molecule has 0 N–H and O–H groups in total. The van der Waals surface area contributed by atoms with Crippen LogP contribution in [-0.2, 0) is 0 Å². The second-order valence-corrected chi connectivity index (χ2v) is 29.0. The summed E-state index contributed by atoms with van der Waals surface area (Å²) in [7, 11) is 0. The normalized spacial score (nSPS) is 12.5. The third-order valence-corrected chi connectivity index (χ3v) is 23.8. The van der Waals surface area contributed by atoms with Crippen molar-refractivity contribution in [2.45, 2.75) is 0 Å². The Kier molecular flexibility index (Phi) is 13.5. The van der Waals surface area contributed by atoms with Crippen LogP contribution in [0.15, 0.2) is 364 Å². The van der Waals surface area contributed by atoms with Gasteiger partial charge in [0.2, 0.25) is 0 Å². The van der Waals surface area contributed by atoms with Gasteiger partial charge in [0.25, 0.3) is 6.71 Å². The number of hydrogen-bond donors (Lipinski definition) is 0. The molecule has 0 amide bonds. The van der Waals surface area contributed by atoms with E-state index in [-0.39, 0.29) is 6.71 Å². The fourth-order valence-electron chi connectivity index (χ4n) is 16.9. The monoisotopic (exact) mass is 1330 g/mol. The number of rotatable bonds is 10. The highest BCUT2D eigenvalue weighted by Crippen LogP contribution is 2.55. The molecular formula is C96H60BN3S2. The van der Waals surface area contributed by atoms with Crippen LogP contribution in [0.1, 0.15) is 0 Å². The highest BCUT2D eigenvalue weighted by molar-refractivity contribution is 7.26. The van der Waals surface area contributed by atoms with Crippen LogP contribution in [-0.4, -0.2) is 11.3 Å². The predicted molar refractivity (Wildman–Crippen MR) is 439 cm³/mol. The summed E-state index contributed by atoms with van der Waals surface area (Å²) in [5, 5.41) is 7.55. The molecule has 21 rings (SSSR count). The van der Waals surface area contributed by atoms with Crippen molar-refractivity contribution in [2.75, 3.05) is 9.80 Å². The maximum atomic E-state index is 2.69. The number of nitrogens with zero attached hydrogens (tertiary/aromatic N) is 3. The first-order valence-electron chi connectivity index (χ1n) is 35.1. The minimum absolute atomic E-state index is 0.274. The van der Waals surface area contributed by atoms with Crippen LogP contribution >= 0.6 is 22.7 Å². The van der Waals surface area contributed by atoms with Gasteiger partial charge in [0, 0.05) is 102 Å².